The first-order chi connectivity index (χ1) is 13.5. The first kappa shape index (κ1) is 18.4. The van der Waals surface area contributed by atoms with Crippen molar-refractivity contribution in [3.63, 3.8) is 0 Å². The monoisotopic (exact) mass is 410 g/mol. The summed E-state index contributed by atoms with van der Waals surface area (Å²) >= 11 is 7.31. The molecule has 0 unspecified atom stereocenters. The zero-order chi connectivity index (χ0) is 19.8. The number of hydrogen-bond donors (Lipinski definition) is 1. The van der Waals surface area contributed by atoms with Gasteiger partial charge in [-0.3, -0.25) is 0 Å². The van der Waals surface area contributed by atoms with Crippen LogP contribution in [0.3, 0.4) is 0 Å². The van der Waals surface area contributed by atoms with E-state index in [1.165, 1.54) is 11.3 Å². The lowest BCUT2D eigenvalue weighted by Gasteiger charge is -2.11. The van der Waals surface area contributed by atoms with Crippen molar-refractivity contribution in [2.75, 3.05) is 0 Å². The predicted octanol–water partition coefficient (Wildman–Crippen LogP) is 4.07. The molecule has 4 rings (SSSR count). The second-order valence-corrected chi connectivity index (χ2v) is 8.08. The molecular weight excluding hydrogens is 394 g/mol. The summed E-state index contributed by atoms with van der Waals surface area (Å²) in [5.74, 6) is -0.0926. The molecule has 0 saturated heterocycles. The average molecular weight is 411 g/mol. The minimum Gasteiger partial charge on any atom is -0.477 e. The maximum Gasteiger partial charge on any atom is 0.354 e. The summed E-state index contributed by atoms with van der Waals surface area (Å²) in [4.78, 5) is 18.2. The number of hydrogen-bond acceptors (Lipinski definition) is 4. The Morgan fingerprint density at radius 3 is 2.89 bits per heavy atom. The fourth-order valence-electron chi connectivity index (χ4n) is 3.30. The normalized spacial score (nSPS) is 11.1. The van der Waals surface area contributed by atoms with Gasteiger partial charge in [0.15, 0.2) is 10.0 Å². The fraction of sp³-hybridized carbons (Fsp3) is 0.0952. The molecule has 0 atom stereocenters. The highest BCUT2D eigenvalue weighted by Crippen LogP contribution is 2.29. The van der Waals surface area contributed by atoms with Gasteiger partial charge in [-0.2, -0.15) is 8.97 Å². The molecule has 0 aliphatic heterocycles. The van der Waals surface area contributed by atoms with Gasteiger partial charge in [0.1, 0.15) is 6.54 Å². The van der Waals surface area contributed by atoms with E-state index in [9.17, 15) is 9.90 Å². The number of fused-ring (bicyclic) bond motifs is 1. The highest BCUT2D eigenvalue weighted by molar-refractivity contribution is 7.15. The van der Waals surface area contributed by atoms with Crippen LogP contribution in [0.1, 0.15) is 16.0 Å². The Bertz CT molecular complexity index is 1280. The molecular formula is C21H17ClN3O2S+. The van der Waals surface area contributed by atoms with Crippen molar-refractivity contribution in [1.29, 1.82) is 0 Å². The number of halogens is 1. The summed E-state index contributed by atoms with van der Waals surface area (Å²) in [5, 5.41) is 11.2. The van der Waals surface area contributed by atoms with Gasteiger partial charge in [-0.15, -0.1) is 11.3 Å². The lowest BCUT2D eigenvalue weighted by atomic mass is 10.0. The zero-order valence-electron chi connectivity index (χ0n) is 15.1. The average Bonchev–Trinajstić information content (AvgIpc) is 3.10. The Labute approximate surface area is 170 Å². The second kappa shape index (κ2) is 7.22. The number of aromatic hydroxyl groups is 1. The molecule has 1 N–H and O–H groups in total. The van der Waals surface area contributed by atoms with Crippen LogP contribution in [0.25, 0.3) is 22.9 Å². The molecule has 0 aliphatic rings. The number of aryl methyl sites for hydroxylation is 1. The van der Waals surface area contributed by atoms with Gasteiger partial charge in [0.2, 0.25) is 0 Å². The summed E-state index contributed by atoms with van der Waals surface area (Å²) in [7, 11) is 0. The van der Waals surface area contributed by atoms with Gasteiger partial charge in [0.05, 0.1) is 11.1 Å². The van der Waals surface area contributed by atoms with Gasteiger partial charge in [0, 0.05) is 11.8 Å². The summed E-state index contributed by atoms with van der Waals surface area (Å²) < 4.78 is 3.72. The van der Waals surface area contributed by atoms with Crippen LogP contribution in [-0.4, -0.2) is 14.7 Å². The third-order valence-corrected chi connectivity index (χ3v) is 5.68. The number of aromatic nitrogens is 3. The van der Waals surface area contributed by atoms with E-state index in [-0.39, 0.29) is 17.0 Å². The molecule has 28 heavy (non-hydrogen) atoms. The molecule has 0 radical (unpaired) electrons. The van der Waals surface area contributed by atoms with E-state index in [0.717, 1.165) is 16.0 Å². The van der Waals surface area contributed by atoms with E-state index in [4.69, 9.17) is 11.6 Å². The van der Waals surface area contributed by atoms with E-state index in [1.807, 2.05) is 37.3 Å². The standard InChI is InChI=1S/C21H16ClN3O2S/c1-3-14-7-4-8-15(10-14)17-19(26)24-9-5-6-13(2)18(24)25(20(17)27)12-16-11-23-21(22)28-16/h3-11H,1,12H2,2H3/p+1. The summed E-state index contributed by atoms with van der Waals surface area (Å²) in [6.07, 6.45) is 5.09. The third kappa shape index (κ3) is 3.10. The predicted molar refractivity (Wildman–Crippen MR) is 112 cm³/mol. The number of nitrogens with zero attached hydrogens (tertiary/aromatic N) is 3. The Hall–Kier alpha value is -2.96. The van der Waals surface area contributed by atoms with E-state index in [2.05, 4.69) is 11.6 Å². The smallest absolute Gasteiger partial charge is 0.354 e. The van der Waals surface area contributed by atoms with Crippen molar-refractivity contribution in [3.05, 3.63) is 86.2 Å². The van der Waals surface area contributed by atoms with Gasteiger partial charge < -0.3 is 5.11 Å². The second-order valence-electron chi connectivity index (χ2n) is 6.38. The fourth-order valence-corrected chi connectivity index (χ4v) is 4.27. The van der Waals surface area contributed by atoms with Crippen molar-refractivity contribution in [2.24, 2.45) is 0 Å². The van der Waals surface area contributed by atoms with Gasteiger partial charge in [-0.25, -0.2) is 9.78 Å². The van der Waals surface area contributed by atoms with Crippen molar-refractivity contribution in [2.45, 2.75) is 13.5 Å². The highest BCUT2D eigenvalue weighted by Gasteiger charge is 2.26. The first-order valence-electron chi connectivity index (χ1n) is 8.59. The number of benzene rings is 1. The van der Waals surface area contributed by atoms with Crippen molar-refractivity contribution in [3.8, 4) is 17.0 Å². The summed E-state index contributed by atoms with van der Waals surface area (Å²) in [6, 6.07) is 11.1. The Morgan fingerprint density at radius 2 is 2.18 bits per heavy atom. The van der Waals surface area contributed by atoms with Gasteiger partial charge >= 0.3 is 5.56 Å². The van der Waals surface area contributed by atoms with Crippen LogP contribution in [0.4, 0.5) is 0 Å². The van der Waals surface area contributed by atoms with Crippen LogP contribution in [0, 0.1) is 6.92 Å². The van der Waals surface area contributed by atoms with E-state index < -0.39 is 0 Å². The Balaban J connectivity index is 2.06. The largest absolute Gasteiger partial charge is 0.477 e. The third-order valence-electron chi connectivity index (χ3n) is 4.58. The maximum atomic E-state index is 13.2. The number of thiazole rings is 1. The molecule has 5 nitrogen and oxygen atoms in total. The van der Waals surface area contributed by atoms with Crippen LogP contribution >= 0.6 is 22.9 Å². The molecule has 7 heteroatoms. The molecule has 140 valence electrons. The van der Waals surface area contributed by atoms with Crippen LogP contribution in [-0.2, 0) is 6.54 Å². The highest BCUT2D eigenvalue weighted by atomic mass is 35.5. The van der Waals surface area contributed by atoms with Crippen LogP contribution in [0.2, 0.25) is 4.47 Å². The van der Waals surface area contributed by atoms with Crippen LogP contribution in [0.15, 0.2) is 60.2 Å². The minimum atomic E-state index is -0.281. The molecule has 0 spiro atoms. The van der Waals surface area contributed by atoms with Crippen LogP contribution in [0.5, 0.6) is 5.88 Å². The van der Waals surface area contributed by atoms with Crippen LogP contribution < -0.4 is 9.96 Å². The number of rotatable bonds is 4. The van der Waals surface area contributed by atoms with Crippen molar-refractivity contribution >= 4 is 34.7 Å². The molecule has 0 fully saturated rings. The SMILES string of the molecule is C=Cc1cccc(-c2c(O)n(Cc3cnc(Cl)s3)c3c(C)ccc[n+]3c2=O)c1. The Morgan fingerprint density at radius 1 is 1.36 bits per heavy atom. The van der Waals surface area contributed by atoms with Crippen molar-refractivity contribution in [1.82, 2.24) is 9.55 Å². The van der Waals surface area contributed by atoms with Gasteiger partial charge in [-0.05, 0) is 36.2 Å². The molecule has 0 amide bonds. The van der Waals surface area contributed by atoms with Gasteiger partial charge in [0.25, 0.3) is 11.5 Å². The molecule has 3 heterocycles. The minimum absolute atomic E-state index is 0.0926. The lowest BCUT2D eigenvalue weighted by Crippen LogP contribution is -2.44. The quantitative estimate of drug-likeness (QED) is 0.516. The summed E-state index contributed by atoms with van der Waals surface area (Å²) in [5.41, 5.74) is 2.95. The van der Waals surface area contributed by atoms with E-state index in [1.54, 1.807) is 33.5 Å². The van der Waals surface area contributed by atoms with E-state index in [0.29, 0.717) is 22.2 Å². The molecule has 4 aromatic rings. The molecule has 0 aliphatic carbocycles. The topological polar surface area (TPSA) is 59.2 Å². The lowest BCUT2D eigenvalue weighted by molar-refractivity contribution is -0.532. The first-order valence-corrected chi connectivity index (χ1v) is 9.79. The van der Waals surface area contributed by atoms with E-state index >= 15 is 0 Å². The number of pyridine rings is 1. The molecule has 0 bridgehead atoms. The Kier molecular flexibility index (Phi) is 4.75. The molecule has 3 aromatic heterocycles. The summed E-state index contributed by atoms with van der Waals surface area (Å²) in [6.45, 7) is 6.03. The van der Waals surface area contributed by atoms with Gasteiger partial charge in [-0.1, -0.05) is 42.5 Å². The molecule has 0 saturated carbocycles. The zero-order valence-corrected chi connectivity index (χ0v) is 16.7. The van der Waals surface area contributed by atoms with Crippen molar-refractivity contribution < 1.29 is 9.51 Å². The molecule has 1 aromatic carbocycles. The maximum absolute atomic E-state index is 13.2.